The summed E-state index contributed by atoms with van der Waals surface area (Å²) in [6, 6.07) is 4.29. The zero-order valence-corrected chi connectivity index (χ0v) is 8.31. The number of hydrogen-bond acceptors (Lipinski definition) is 4. The molecule has 1 atom stereocenters. The van der Waals surface area contributed by atoms with Crippen molar-refractivity contribution in [3.8, 4) is 0 Å². The molecule has 2 heterocycles. The van der Waals surface area contributed by atoms with Gasteiger partial charge in [0.15, 0.2) is 0 Å². The average molecular weight is 193 g/mol. The van der Waals surface area contributed by atoms with Crippen LogP contribution in [0, 0.1) is 0 Å². The minimum Gasteiger partial charge on any atom is -0.382 e. The molecule has 4 nitrogen and oxygen atoms in total. The van der Waals surface area contributed by atoms with Crippen LogP contribution in [0.1, 0.15) is 6.92 Å². The molecule has 1 unspecified atom stereocenters. The van der Waals surface area contributed by atoms with Gasteiger partial charge in [-0.05, 0) is 19.1 Å². The lowest BCUT2D eigenvalue weighted by atomic mass is 10.2. The second-order valence-corrected chi connectivity index (χ2v) is 3.53. The number of ether oxygens (including phenoxy) is 1. The summed E-state index contributed by atoms with van der Waals surface area (Å²) in [4.78, 5) is 6.33. The fourth-order valence-corrected chi connectivity index (χ4v) is 1.74. The first-order chi connectivity index (χ1) is 6.79. The van der Waals surface area contributed by atoms with E-state index in [4.69, 9.17) is 10.5 Å². The average Bonchev–Trinajstić information content (AvgIpc) is 2.20. The number of pyridine rings is 1. The van der Waals surface area contributed by atoms with Crippen LogP contribution in [0.5, 0.6) is 0 Å². The van der Waals surface area contributed by atoms with Gasteiger partial charge in [-0.25, -0.2) is 4.98 Å². The Labute approximate surface area is 83.7 Å². The molecule has 2 N–H and O–H groups in total. The van der Waals surface area contributed by atoms with E-state index < -0.39 is 0 Å². The third kappa shape index (κ3) is 1.65. The molecule has 14 heavy (non-hydrogen) atoms. The third-order valence-electron chi connectivity index (χ3n) is 2.49. The van der Waals surface area contributed by atoms with Crippen LogP contribution in [0.2, 0.25) is 0 Å². The highest BCUT2D eigenvalue weighted by Crippen LogP contribution is 2.23. The molecular formula is C10H15N3O. The Bertz CT molecular complexity index is 316. The molecule has 0 radical (unpaired) electrons. The molecule has 1 aliphatic rings. The van der Waals surface area contributed by atoms with Gasteiger partial charge >= 0.3 is 0 Å². The van der Waals surface area contributed by atoms with Crippen molar-refractivity contribution < 1.29 is 4.74 Å². The molecule has 0 spiro atoms. The van der Waals surface area contributed by atoms with E-state index >= 15 is 0 Å². The molecule has 1 aromatic rings. The summed E-state index contributed by atoms with van der Waals surface area (Å²) >= 11 is 0. The molecule has 0 aliphatic carbocycles. The lowest BCUT2D eigenvalue weighted by Crippen LogP contribution is -2.44. The number of nitrogens with two attached hydrogens (primary N) is 1. The highest BCUT2D eigenvalue weighted by molar-refractivity contribution is 5.63. The summed E-state index contributed by atoms with van der Waals surface area (Å²) in [7, 11) is 0. The van der Waals surface area contributed by atoms with E-state index in [0.29, 0.717) is 11.9 Å². The Morgan fingerprint density at radius 3 is 3.21 bits per heavy atom. The van der Waals surface area contributed by atoms with E-state index in [1.165, 1.54) is 0 Å². The highest BCUT2D eigenvalue weighted by atomic mass is 16.5. The van der Waals surface area contributed by atoms with Gasteiger partial charge in [-0.15, -0.1) is 0 Å². The van der Waals surface area contributed by atoms with Gasteiger partial charge in [0, 0.05) is 18.8 Å². The number of anilines is 2. The normalized spacial score (nSPS) is 22.4. The predicted molar refractivity (Wildman–Crippen MR) is 56.3 cm³/mol. The predicted octanol–water partition coefficient (Wildman–Crippen LogP) is 0.889. The van der Waals surface area contributed by atoms with Gasteiger partial charge in [-0.1, -0.05) is 0 Å². The topological polar surface area (TPSA) is 51.4 Å². The number of nitrogens with zero attached hydrogens (tertiary/aromatic N) is 2. The Morgan fingerprint density at radius 1 is 1.64 bits per heavy atom. The molecule has 0 aromatic carbocycles. The van der Waals surface area contributed by atoms with Gasteiger partial charge in [-0.2, -0.15) is 0 Å². The largest absolute Gasteiger partial charge is 0.382 e. The Morgan fingerprint density at radius 2 is 2.50 bits per heavy atom. The number of aromatic nitrogens is 1. The van der Waals surface area contributed by atoms with E-state index in [0.717, 1.165) is 25.4 Å². The molecule has 1 fully saturated rings. The number of nitrogen functional groups attached to an aromatic ring is 1. The molecule has 2 rings (SSSR count). The second kappa shape index (κ2) is 3.84. The Balaban J connectivity index is 2.25. The molecule has 4 heteroatoms. The van der Waals surface area contributed by atoms with Crippen molar-refractivity contribution in [2.45, 2.75) is 13.0 Å². The van der Waals surface area contributed by atoms with Crippen molar-refractivity contribution in [1.29, 1.82) is 0 Å². The zero-order valence-electron chi connectivity index (χ0n) is 8.31. The maximum Gasteiger partial charge on any atom is 0.146 e. The third-order valence-corrected chi connectivity index (χ3v) is 2.49. The van der Waals surface area contributed by atoms with Crippen LogP contribution >= 0.6 is 0 Å². The van der Waals surface area contributed by atoms with Crippen LogP contribution in [0.25, 0.3) is 0 Å². The first-order valence-corrected chi connectivity index (χ1v) is 4.84. The van der Waals surface area contributed by atoms with Crippen molar-refractivity contribution >= 4 is 11.5 Å². The van der Waals surface area contributed by atoms with E-state index in [-0.39, 0.29) is 0 Å². The Kier molecular flexibility index (Phi) is 2.54. The van der Waals surface area contributed by atoms with Crippen molar-refractivity contribution in [2.75, 3.05) is 30.4 Å². The zero-order chi connectivity index (χ0) is 9.97. The lowest BCUT2D eigenvalue weighted by Gasteiger charge is -2.35. The van der Waals surface area contributed by atoms with Crippen LogP contribution < -0.4 is 10.6 Å². The van der Waals surface area contributed by atoms with E-state index in [2.05, 4.69) is 16.8 Å². The first kappa shape index (κ1) is 9.27. The van der Waals surface area contributed by atoms with Crippen LogP contribution in [0.15, 0.2) is 18.3 Å². The van der Waals surface area contributed by atoms with Gasteiger partial charge in [0.05, 0.1) is 18.9 Å². The molecule has 1 aliphatic heterocycles. The summed E-state index contributed by atoms with van der Waals surface area (Å²) in [6.45, 7) is 4.54. The summed E-state index contributed by atoms with van der Waals surface area (Å²) in [5, 5.41) is 0. The van der Waals surface area contributed by atoms with Gasteiger partial charge in [0.1, 0.15) is 5.82 Å². The fraction of sp³-hybridized carbons (Fsp3) is 0.500. The van der Waals surface area contributed by atoms with Gasteiger partial charge < -0.3 is 15.4 Å². The summed E-state index contributed by atoms with van der Waals surface area (Å²) < 4.78 is 5.37. The van der Waals surface area contributed by atoms with E-state index in [1.54, 1.807) is 6.20 Å². The molecule has 76 valence electrons. The number of hydrogen-bond donors (Lipinski definition) is 1. The van der Waals surface area contributed by atoms with Crippen LogP contribution in [-0.2, 0) is 4.74 Å². The first-order valence-electron chi connectivity index (χ1n) is 4.84. The standard InChI is InChI=1S/C10H15N3O/c1-8-7-14-6-5-13(8)9-3-2-4-12-10(9)11/h2-4,8H,5-7H2,1H3,(H2,11,12). The SMILES string of the molecule is CC1COCCN1c1cccnc1N. The lowest BCUT2D eigenvalue weighted by molar-refractivity contribution is 0.0990. The van der Waals surface area contributed by atoms with E-state index in [1.807, 2.05) is 12.1 Å². The highest BCUT2D eigenvalue weighted by Gasteiger charge is 2.20. The van der Waals surface area contributed by atoms with Gasteiger partial charge in [0.2, 0.25) is 0 Å². The van der Waals surface area contributed by atoms with Crippen LogP contribution in [-0.4, -0.2) is 30.8 Å². The van der Waals surface area contributed by atoms with Gasteiger partial charge in [-0.3, -0.25) is 0 Å². The van der Waals surface area contributed by atoms with Crippen LogP contribution in [0.3, 0.4) is 0 Å². The van der Waals surface area contributed by atoms with Crippen molar-refractivity contribution in [1.82, 2.24) is 4.98 Å². The number of morpholine rings is 1. The van der Waals surface area contributed by atoms with Gasteiger partial charge in [0.25, 0.3) is 0 Å². The minimum absolute atomic E-state index is 0.371. The molecule has 0 bridgehead atoms. The maximum absolute atomic E-state index is 5.82. The molecule has 1 saturated heterocycles. The van der Waals surface area contributed by atoms with Crippen molar-refractivity contribution in [2.24, 2.45) is 0 Å². The summed E-state index contributed by atoms with van der Waals surface area (Å²) in [5.74, 6) is 0.598. The molecule has 0 saturated carbocycles. The van der Waals surface area contributed by atoms with E-state index in [9.17, 15) is 0 Å². The van der Waals surface area contributed by atoms with Crippen molar-refractivity contribution in [3.05, 3.63) is 18.3 Å². The molecule has 0 amide bonds. The quantitative estimate of drug-likeness (QED) is 0.719. The second-order valence-electron chi connectivity index (χ2n) is 3.53. The fourth-order valence-electron chi connectivity index (χ4n) is 1.74. The Hall–Kier alpha value is -1.29. The smallest absolute Gasteiger partial charge is 0.146 e. The summed E-state index contributed by atoms with van der Waals surface area (Å²) in [6.07, 6.45) is 1.71. The number of rotatable bonds is 1. The monoisotopic (exact) mass is 193 g/mol. The van der Waals surface area contributed by atoms with Crippen LogP contribution in [0.4, 0.5) is 11.5 Å². The molecule has 1 aromatic heterocycles. The maximum atomic E-state index is 5.82. The molecular weight excluding hydrogens is 178 g/mol. The van der Waals surface area contributed by atoms with Crippen molar-refractivity contribution in [3.63, 3.8) is 0 Å². The minimum atomic E-state index is 0.371. The summed E-state index contributed by atoms with van der Waals surface area (Å²) in [5.41, 5.74) is 6.84.